The molecular weight excluding hydrogens is 548 g/mol. The fourth-order valence-corrected chi connectivity index (χ4v) is 5.62. The number of hydrogen-bond acceptors (Lipinski definition) is 7. The molecule has 204 valence electrons. The third kappa shape index (κ3) is 7.93. The van der Waals surface area contributed by atoms with Gasteiger partial charge in [-0.3, -0.25) is 4.79 Å². The maximum atomic E-state index is 12.5. The van der Waals surface area contributed by atoms with Crippen molar-refractivity contribution < 1.29 is 14.0 Å². The summed E-state index contributed by atoms with van der Waals surface area (Å²) in [7, 11) is 0.125. The molecule has 0 aliphatic heterocycles. The number of ether oxygens (including phenoxy) is 1. The van der Waals surface area contributed by atoms with Crippen LogP contribution in [0.25, 0.3) is 0 Å². The zero-order valence-electron chi connectivity index (χ0n) is 23.4. The van der Waals surface area contributed by atoms with E-state index in [1.165, 1.54) is 19.3 Å². The van der Waals surface area contributed by atoms with Crippen LogP contribution in [-0.4, -0.2) is 44.0 Å². The lowest BCUT2D eigenvalue weighted by Gasteiger charge is -2.36. The van der Waals surface area contributed by atoms with Crippen molar-refractivity contribution >= 4 is 42.0 Å². The average molecular weight is 592 g/mol. The monoisotopic (exact) mass is 590 g/mol. The van der Waals surface area contributed by atoms with Crippen molar-refractivity contribution in [2.75, 3.05) is 23.9 Å². The normalized spacial score (nSPS) is 15.7. The van der Waals surface area contributed by atoms with Crippen LogP contribution in [0.2, 0.25) is 18.1 Å². The number of nitrogens with zero attached hydrogens (tertiary/aromatic N) is 3. The van der Waals surface area contributed by atoms with Crippen molar-refractivity contribution in [3.63, 3.8) is 0 Å². The first-order chi connectivity index (χ1) is 17.4. The lowest BCUT2D eigenvalue weighted by Crippen LogP contribution is -2.43. The largest absolute Gasteiger partial charge is 0.544 e. The lowest BCUT2D eigenvalue weighted by molar-refractivity contribution is -0.143. The van der Waals surface area contributed by atoms with E-state index in [4.69, 9.17) is 14.1 Å². The molecule has 0 radical (unpaired) electrons. The van der Waals surface area contributed by atoms with Gasteiger partial charge in [-0.15, -0.1) is 0 Å². The molecule has 1 aliphatic carbocycles. The van der Waals surface area contributed by atoms with Gasteiger partial charge in [0.15, 0.2) is 0 Å². The molecule has 1 aliphatic rings. The summed E-state index contributed by atoms with van der Waals surface area (Å²) in [5.74, 6) is 1.94. The van der Waals surface area contributed by atoms with Gasteiger partial charge in [-0.1, -0.05) is 52.2 Å². The Hall–Kier alpha value is -2.13. The van der Waals surface area contributed by atoms with Gasteiger partial charge >= 0.3 is 5.97 Å². The Morgan fingerprint density at radius 3 is 2.43 bits per heavy atom. The second-order valence-corrected chi connectivity index (χ2v) is 17.0. The molecule has 2 aromatic rings. The van der Waals surface area contributed by atoms with Gasteiger partial charge in [0.2, 0.25) is 14.3 Å². The smallest absolute Gasteiger partial charge is 0.308 e. The second kappa shape index (κ2) is 12.6. The van der Waals surface area contributed by atoms with E-state index < -0.39 is 8.32 Å². The predicted octanol–water partition coefficient (Wildman–Crippen LogP) is 7.50. The summed E-state index contributed by atoms with van der Waals surface area (Å²) < 4.78 is 12.5. The summed E-state index contributed by atoms with van der Waals surface area (Å²) in [6.07, 6.45) is 8.07. The van der Waals surface area contributed by atoms with Crippen molar-refractivity contribution in [3.8, 4) is 5.75 Å². The Balaban J connectivity index is 1.84. The van der Waals surface area contributed by atoms with Gasteiger partial charge in [0.25, 0.3) is 0 Å². The Bertz CT molecular complexity index is 1040. The molecule has 1 saturated carbocycles. The summed E-state index contributed by atoms with van der Waals surface area (Å²) in [6, 6.07) is 8.15. The maximum absolute atomic E-state index is 12.5. The molecule has 1 N–H and O–H groups in total. The van der Waals surface area contributed by atoms with Crippen LogP contribution in [0.4, 0.5) is 11.8 Å². The number of nitrogens with one attached hydrogen (secondary N) is 1. The highest BCUT2D eigenvalue weighted by atomic mass is 79.9. The van der Waals surface area contributed by atoms with E-state index in [9.17, 15) is 4.79 Å². The molecule has 7 nitrogen and oxygen atoms in total. The summed E-state index contributed by atoms with van der Waals surface area (Å²) in [4.78, 5) is 24.1. The van der Waals surface area contributed by atoms with E-state index in [1.807, 2.05) is 31.2 Å². The molecule has 1 atom stereocenters. The highest BCUT2D eigenvalue weighted by molar-refractivity contribution is 9.10. The molecular formula is C28H43BrN4O3Si. The SMILES string of the molecule is CCOC(=O)CC(Nc1nc(N(C)C2CCCCC2)ncc1Br)c1ccc(O[Si](C)(C)C(C)(C)C)cc1. The molecule has 3 rings (SSSR count). The molecule has 0 amide bonds. The first-order valence-corrected chi connectivity index (χ1v) is 17.1. The first-order valence-electron chi connectivity index (χ1n) is 13.4. The van der Waals surface area contributed by atoms with Crippen LogP contribution in [0, 0.1) is 0 Å². The number of aromatic nitrogens is 2. The van der Waals surface area contributed by atoms with E-state index in [2.05, 4.69) is 72.0 Å². The molecule has 0 bridgehead atoms. The van der Waals surface area contributed by atoms with Crippen molar-refractivity contribution in [2.45, 2.75) is 96.4 Å². The van der Waals surface area contributed by atoms with Crippen LogP contribution < -0.4 is 14.6 Å². The van der Waals surface area contributed by atoms with Crippen LogP contribution in [0.3, 0.4) is 0 Å². The summed E-state index contributed by atoms with van der Waals surface area (Å²) >= 11 is 3.60. The Labute approximate surface area is 232 Å². The topological polar surface area (TPSA) is 76.6 Å². The molecule has 1 unspecified atom stereocenters. The molecule has 1 heterocycles. The van der Waals surface area contributed by atoms with Gasteiger partial charge in [0.05, 0.1) is 23.5 Å². The summed E-state index contributed by atoms with van der Waals surface area (Å²) in [6.45, 7) is 13.3. The number of rotatable bonds is 10. The van der Waals surface area contributed by atoms with Crippen molar-refractivity contribution in [3.05, 3.63) is 40.5 Å². The van der Waals surface area contributed by atoms with Gasteiger partial charge in [0, 0.05) is 19.3 Å². The van der Waals surface area contributed by atoms with Crippen LogP contribution >= 0.6 is 15.9 Å². The van der Waals surface area contributed by atoms with E-state index in [-0.39, 0.29) is 23.5 Å². The average Bonchev–Trinajstić information content (AvgIpc) is 2.85. The number of esters is 1. The standard InChI is InChI=1S/C28H43BrN4O3Si/c1-8-35-25(34)18-24(20-14-16-22(17-15-20)36-37(6,7)28(2,3)4)31-26-23(29)19-30-27(32-26)33(5)21-12-10-9-11-13-21/h14-17,19,21,24H,8-13,18H2,1-7H3,(H,30,31,32). The van der Waals surface area contributed by atoms with E-state index >= 15 is 0 Å². The van der Waals surface area contributed by atoms with E-state index in [1.54, 1.807) is 6.20 Å². The quantitative estimate of drug-likeness (QED) is 0.227. The highest BCUT2D eigenvalue weighted by Crippen LogP contribution is 2.38. The van der Waals surface area contributed by atoms with Crippen molar-refractivity contribution in [2.24, 2.45) is 0 Å². The fourth-order valence-electron chi connectivity index (χ4n) is 4.28. The van der Waals surface area contributed by atoms with Crippen molar-refractivity contribution in [1.29, 1.82) is 0 Å². The minimum absolute atomic E-state index is 0.113. The van der Waals surface area contributed by atoms with Gasteiger partial charge < -0.3 is 19.4 Å². The summed E-state index contributed by atoms with van der Waals surface area (Å²) in [5.41, 5.74) is 0.961. The Morgan fingerprint density at radius 1 is 1.19 bits per heavy atom. The molecule has 1 aromatic heterocycles. The molecule has 0 spiro atoms. The predicted molar refractivity (Wildman–Crippen MR) is 157 cm³/mol. The number of benzene rings is 1. The Morgan fingerprint density at radius 2 is 1.84 bits per heavy atom. The molecule has 37 heavy (non-hydrogen) atoms. The molecule has 0 saturated heterocycles. The van der Waals surface area contributed by atoms with Crippen molar-refractivity contribution in [1.82, 2.24) is 9.97 Å². The van der Waals surface area contributed by atoms with Crippen LogP contribution in [0.1, 0.15) is 77.8 Å². The van der Waals surface area contributed by atoms with Gasteiger partial charge in [-0.2, -0.15) is 4.98 Å². The minimum atomic E-state index is -1.94. The molecule has 1 aromatic carbocycles. The fraction of sp³-hybridized carbons (Fsp3) is 0.607. The van der Waals surface area contributed by atoms with Crippen LogP contribution in [0.5, 0.6) is 5.75 Å². The zero-order valence-corrected chi connectivity index (χ0v) is 26.0. The van der Waals surface area contributed by atoms with E-state index in [0.717, 1.165) is 28.6 Å². The third-order valence-corrected chi connectivity index (χ3v) is 12.6. The molecule has 1 fully saturated rings. The zero-order chi connectivity index (χ0) is 27.2. The number of carbonyl (C=O) groups is 1. The number of hydrogen-bond donors (Lipinski definition) is 1. The maximum Gasteiger partial charge on any atom is 0.308 e. The summed E-state index contributed by atoms with van der Waals surface area (Å²) in [5, 5.41) is 3.60. The molecule has 9 heteroatoms. The first kappa shape index (κ1) is 29.4. The minimum Gasteiger partial charge on any atom is -0.544 e. The second-order valence-electron chi connectivity index (χ2n) is 11.4. The van der Waals surface area contributed by atoms with Gasteiger partial charge in [-0.25, -0.2) is 4.98 Å². The van der Waals surface area contributed by atoms with Crippen LogP contribution in [0.15, 0.2) is 34.9 Å². The van der Waals surface area contributed by atoms with Gasteiger partial charge in [-0.05, 0) is 71.5 Å². The number of halogens is 1. The van der Waals surface area contributed by atoms with Crippen LogP contribution in [-0.2, 0) is 9.53 Å². The Kier molecular flexibility index (Phi) is 10.0. The third-order valence-electron chi connectivity index (χ3n) is 7.62. The highest BCUT2D eigenvalue weighted by Gasteiger charge is 2.39. The van der Waals surface area contributed by atoms with Gasteiger partial charge in [0.1, 0.15) is 11.6 Å². The van der Waals surface area contributed by atoms with E-state index in [0.29, 0.717) is 24.4 Å². The lowest BCUT2D eigenvalue weighted by atomic mass is 9.95. The number of carbonyl (C=O) groups excluding carboxylic acids is 1. The number of anilines is 2.